The van der Waals surface area contributed by atoms with Crippen molar-refractivity contribution in [1.29, 1.82) is 0 Å². The smallest absolute Gasteiger partial charge is 0.229 e. The molecule has 1 aliphatic carbocycles. The lowest BCUT2D eigenvalue weighted by molar-refractivity contribution is -0.140. The number of carbonyl (C=O) groups excluding carboxylic acids is 1. The summed E-state index contributed by atoms with van der Waals surface area (Å²) in [6, 6.07) is 0. The molecule has 0 atom stereocenters. The average molecular weight is 296 g/mol. The summed E-state index contributed by atoms with van der Waals surface area (Å²) in [5.74, 6) is 0.900. The Morgan fingerprint density at radius 2 is 1.71 bits per heavy atom. The highest BCUT2D eigenvalue weighted by atomic mass is 16.5. The minimum absolute atomic E-state index is 0.00667. The summed E-state index contributed by atoms with van der Waals surface area (Å²) in [5.41, 5.74) is -0.00667. The van der Waals surface area contributed by atoms with Crippen LogP contribution in [0.15, 0.2) is 0 Å². The van der Waals surface area contributed by atoms with Crippen LogP contribution in [-0.4, -0.2) is 61.1 Å². The third-order valence-corrected chi connectivity index (χ3v) is 5.05. The van der Waals surface area contributed by atoms with Crippen molar-refractivity contribution in [3.63, 3.8) is 0 Å². The zero-order valence-corrected chi connectivity index (χ0v) is 14.2. The minimum Gasteiger partial charge on any atom is -0.379 e. The van der Waals surface area contributed by atoms with Gasteiger partial charge in [-0.3, -0.25) is 9.69 Å². The van der Waals surface area contributed by atoms with Gasteiger partial charge in [0.1, 0.15) is 0 Å². The van der Waals surface area contributed by atoms with Gasteiger partial charge in [0.15, 0.2) is 0 Å². The molecule has 1 aliphatic heterocycles. The lowest BCUT2D eigenvalue weighted by Crippen LogP contribution is -2.51. The molecule has 1 heterocycles. The molecule has 1 saturated heterocycles. The van der Waals surface area contributed by atoms with Crippen molar-refractivity contribution < 1.29 is 9.53 Å². The highest BCUT2D eigenvalue weighted by molar-refractivity contribution is 5.85. The van der Waals surface area contributed by atoms with Gasteiger partial charge in [0.05, 0.1) is 11.5 Å². The first-order valence-electron chi connectivity index (χ1n) is 8.59. The molecule has 1 amide bonds. The van der Waals surface area contributed by atoms with Crippen LogP contribution in [0.3, 0.4) is 0 Å². The summed E-state index contributed by atoms with van der Waals surface area (Å²) in [7, 11) is 0. The van der Waals surface area contributed by atoms with Gasteiger partial charge in [-0.2, -0.15) is 0 Å². The van der Waals surface area contributed by atoms with Gasteiger partial charge in [-0.1, -0.05) is 13.8 Å². The van der Waals surface area contributed by atoms with E-state index in [4.69, 9.17) is 4.74 Å². The fraction of sp³-hybridized carbons (Fsp3) is 0.941. The van der Waals surface area contributed by atoms with Crippen LogP contribution in [0.2, 0.25) is 0 Å². The first-order valence-corrected chi connectivity index (χ1v) is 8.59. The van der Waals surface area contributed by atoms with Crippen molar-refractivity contribution >= 4 is 5.91 Å². The van der Waals surface area contributed by atoms with Crippen LogP contribution in [0.25, 0.3) is 0 Å². The van der Waals surface area contributed by atoms with Gasteiger partial charge < -0.3 is 9.64 Å². The van der Waals surface area contributed by atoms with Gasteiger partial charge in [-0.25, -0.2) is 0 Å². The average Bonchev–Trinajstić information content (AvgIpc) is 3.25. The first-order chi connectivity index (χ1) is 9.95. The molecule has 0 aromatic heterocycles. The molecule has 0 N–H and O–H groups in total. The first kappa shape index (κ1) is 16.8. The largest absolute Gasteiger partial charge is 0.379 e. The Morgan fingerprint density at radius 3 is 2.19 bits per heavy atom. The monoisotopic (exact) mass is 296 g/mol. The van der Waals surface area contributed by atoms with Crippen LogP contribution in [0.1, 0.15) is 47.0 Å². The van der Waals surface area contributed by atoms with Gasteiger partial charge in [0.25, 0.3) is 0 Å². The van der Waals surface area contributed by atoms with E-state index in [1.165, 1.54) is 0 Å². The predicted molar refractivity (Wildman–Crippen MR) is 85.2 cm³/mol. The van der Waals surface area contributed by atoms with E-state index in [0.29, 0.717) is 17.9 Å². The van der Waals surface area contributed by atoms with Gasteiger partial charge in [-0.05, 0) is 39.0 Å². The number of ether oxygens (including phenoxy) is 1. The van der Waals surface area contributed by atoms with Crippen molar-refractivity contribution in [3.8, 4) is 0 Å². The normalized spacial score (nSPS) is 22.1. The standard InChI is InChI=1S/C17H32N2O2/c1-14(2)17(6-7-17)16(20)19-11-9-18(10-12-19)8-5-13-21-15(3)4/h14-15H,5-13H2,1-4H3. The lowest BCUT2D eigenvalue weighted by Gasteiger charge is -2.37. The quantitative estimate of drug-likeness (QED) is 0.676. The second-order valence-electron chi connectivity index (χ2n) is 7.22. The molecule has 0 aromatic rings. The van der Waals surface area contributed by atoms with E-state index in [1.807, 2.05) is 0 Å². The van der Waals surface area contributed by atoms with Crippen molar-refractivity contribution in [1.82, 2.24) is 9.80 Å². The number of piperazine rings is 1. The maximum absolute atomic E-state index is 12.7. The molecule has 2 rings (SSSR count). The van der Waals surface area contributed by atoms with Crippen molar-refractivity contribution in [3.05, 3.63) is 0 Å². The molecule has 1 saturated carbocycles. The maximum Gasteiger partial charge on any atom is 0.229 e. The van der Waals surface area contributed by atoms with Crippen molar-refractivity contribution in [2.24, 2.45) is 11.3 Å². The zero-order valence-electron chi connectivity index (χ0n) is 14.2. The summed E-state index contributed by atoms with van der Waals surface area (Å²) in [5, 5.41) is 0. The Balaban J connectivity index is 1.68. The van der Waals surface area contributed by atoms with Gasteiger partial charge in [0.2, 0.25) is 5.91 Å². The molecule has 21 heavy (non-hydrogen) atoms. The van der Waals surface area contributed by atoms with Crippen molar-refractivity contribution in [2.45, 2.75) is 53.1 Å². The molecular weight excluding hydrogens is 264 g/mol. The minimum atomic E-state index is -0.00667. The summed E-state index contributed by atoms with van der Waals surface area (Å²) in [6.45, 7) is 14.3. The Hall–Kier alpha value is -0.610. The number of rotatable bonds is 7. The van der Waals surface area contributed by atoms with Gasteiger partial charge >= 0.3 is 0 Å². The van der Waals surface area contributed by atoms with Crippen molar-refractivity contribution in [2.75, 3.05) is 39.3 Å². The van der Waals surface area contributed by atoms with E-state index in [2.05, 4.69) is 37.5 Å². The highest BCUT2D eigenvalue weighted by Crippen LogP contribution is 2.53. The van der Waals surface area contributed by atoms with Crippen LogP contribution in [0.5, 0.6) is 0 Å². The number of hydrogen-bond acceptors (Lipinski definition) is 3. The summed E-state index contributed by atoms with van der Waals surface area (Å²) < 4.78 is 5.58. The third kappa shape index (κ3) is 4.19. The molecular formula is C17H32N2O2. The Bertz CT molecular complexity index is 343. The molecule has 0 bridgehead atoms. The van der Waals surface area contributed by atoms with E-state index in [1.54, 1.807) is 0 Å². The second kappa shape index (κ2) is 7.10. The third-order valence-electron chi connectivity index (χ3n) is 5.05. The molecule has 4 nitrogen and oxygen atoms in total. The summed E-state index contributed by atoms with van der Waals surface area (Å²) in [6.07, 6.45) is 3.60. The van der Waals surface area contributed by atoms with E-state index < -0.39 is 0 Å². The summed E-state index contributed by atoms with van der Waals surface area (Å²) in [4.78, 5) is 17.2. The molecule has 0 aromatic carbocycles. The lowest BCUT2D eigenvalue weighted by atomic mass is 9.90. The topological polar surface area (TPSA) is 32.8 Å². The number of amides is 1. The predicted octanol–water partition coefficient (Wildman–Crippen LogP) is 2.38. The molecule has 0 radical (unpaired) electrons. The number of carbonyl (C=O) groups is 1. The Morgan fingerprint density at radius 1 is 1.10 bits per heavy atom. The second-order valence-corrected chi connectivity index (χ2v) is 7.22. The molecule has 122 valence electrons. The zero-order chi connectivity index (χ0) is 15.5. The molecule has 2 aliphatic rings. The fourth-order valence-electron chi connectivity index (χ4n) is 3.27. The van der Waals surface area contributed by atoms with Gasteiger partial charge in [-0.15, -0.1) is 0 Å². The molecule has 0 spiro atoms. The van der Waals surface area contributed by atoms with E-state index >= 15 is 0 Å². The fourth-order valence-corrected chi connectivity index (χ4v) is 3.27. The molecule has 2 fully saturated rings. The van der Waals surface area contributed by atoms with Crippen LogP contribution in [0.4, 0.5) is 0 Å². The maximum atomic E-state index is 12.7. The summed E-state index contributed by atoms with van der Waals surface area (Å²) >= 11 is 0. The molecule has 0 unspecified atom stereocenters. The number of nitrogens with zero attached hydrogens (tertiary/aromatic N) is 2. The van der Waals surface area contributed by atoms with Crippen LogP contribution < -0.4 is 0 Å². The molecule has 4 heteroatoms. The Labute approximate surface area is 129 Å². The highest BCUT2D eigenvalue weighted by Gasteiger charge is 2.53. The van der Waals surface area contributed by atoms with Gasteiger partial charge in [0, 0.05) is 39.3 Å². The van der Waals surface area contributed by atoms with Crippen LogP contribution in [0, 0.1) is 11.3 Å². The van der Waals surface area contributed by atoms with Crippen LogP contribution >= 0.6 is 0 Å². The number of hydrogen-bond donors (Lipinski definition) is 0. The Kier molecular flexibility index (Phi) is 5.67. The van der Waals surface area contributed by atoms with E-state index in [-0.39, 0.29) is 5.41 Å². The van der Waals surface area contributed by atoms with Crippen LogP contribution in [-0.2, 0) is 9.53 Å². The van der Waals surface area contributed by atoms with E-state index in [0.717, 1.165) is 58.6 Å². The van der Waals surface area contributed by atoms with E-state index in [9.17, 15) is 4.79 Å². The SMILES string of the molecule is CC(C)OCCCN1CCN(C(=O)C2(C(C)C)CC2)CC1.